The monoisotopic (exact) mass is 283 g/mol. The molecule has 1 aliphatic heterocycles. The smallest absolute Gasteiger partial charge is 0.270 e. The molecule has 0 spiro atoms. The van der Waals surface area contributed by atoms with Crippen LogP contribution in [0, 0.1) is 10.1 Å². The van der Waals surface area contributed by atoms with E-state index in [9.17, 15) is 19.7 Å². The van der Waals surface area contributed by atoms with Crippen LogP contribution in [0.4, 0.5) is 5.69 Å². The summed E-state index contributed by atoms with van der Waals surface area (Å²) in [7, 11) is 0. The van der Waals surface area contributed by atoms with Gasteiger partial charge >= 0.3 is 0 Å². The van der Waals surface area contributed by atoms with Gasteiger partial charge in [0.05, 0.1) is 17.0 Å². The van der Waals surface area contributed by atoms with Crippen LogP contribution < -0.4 is 0 Å². The Morgan fingerprint density at radius 2 is 1.81 bits per heavy atom. The van der Waals surface area contributed by atoms with Crippen molar-refractivity contribution in [1.29, 1.82) is 0 Å². The molecule has 21 heavy (non-hydrogen) atoms. The first-order chi connectivity index (χ1) is 10.1. The Morgan fingerprint density at radius 1 is 1.10 bits per heavy atom. The van der Waals surface area contributed by atoms with E-state index in [1.54, 1.807) is 24.5 Å². The zero-order valence-electron chi connectivity index (χ0n) is 10.7. The minimum Gasteiger partial charge on any atom is -0.270 e. The molecule has 0 unspecified atom stereocenters. The second kappa shape index (κ2) is 4.78. The number of aromatic nitrogens is 1. The lowest BCUT2D eigenvalue weighted by Crippen LogP contribution is -2.29. The number of carbonyl (C=O) groups is 2. The van der Waals surface area contributed by atoms with Gasteiger partial charge in [-0.05, 0) is 23.8 Å². The van der Waals surface area contributed by atoms with E-state index in [2.05, 4.69) is 4.98 Å². The van der Waals surface area contributed by atoms with Crippen molar-refractivity contribution in [3.8, 4) is 0 Å². The molecular formula is C14H9N3O4. The van der Waals surface area contributed by atoms with Crippen molar-refractivity contribution in [1.82, 2.24) is 9.88 Å². The number of nitro benzene ring substituents is 1. The minimum absolute atomic E-state index is 0.0615. The van der Waals surface area contributed by atoms with Gasteiger partial charge in [-0.25, -0.2) is 0 Å². The second-order valence-corrected chi connectivity index (χ2v) is 4.51. The molecule has 0 aliphatic carbocycles. The zero-order chi connectivity index (χ0) is 15.0. The Balaban J connectivity index is 2.01. The molecule has 0 bridgehead atoms. The number of pyridine rings is 1. The quantitative estimate of drug-likeness (QED) is 0.486. The first-order valence-corrected chi connectivity index (χ1v) is 6.12. The topological polar surface area (TPSA) is 93.4 Å². The Hall–Kier alpha value is -3.09. The maximum atomic E-state index is 12.3. The van der Waals surface area contributed by atoms with Crippen LogP contribution in [0.1, 0.15) is 26.3 Å². The summed E-state index contributed by atoms with van der Waals surface area (Å²) in [4.78, 5) is 39.8. The minimum atomic E-state index is -0.653. The summed E-state index contributed by atoms with van der Waals surface area (Å²) in [5.41, 5.74) is 0.315. The number of carbonyl (C=O) groups excluding carboxylic acids is 2. The van der Waals surface area contributed by atoms with Crippen LogP contribution in [0.25, 0.3) is 0 Å². The van der Waals surface area contributed by atoms with Crippen LogP contribution in [0.2, 0.25) is 0 Å². The number of fused-ring (bicyclic) bond motifs is 1. The lowest BCUT2D eigenvalue weighted by molar-refractivity contribution is -0.385. The third-order valence-corrected chi connectivity index (χ3v) is 3.26. The maximum Gasteiger partial charge on any atom is 0.282 e. The van der Waals surface area contributed by atoms with Crippen LogP contribution in [0.15, 0.2) is 42.7 Å². The van der Waals surface area contributed by atoms with E-state index in [1.807, 2.05) is 0 Å². The third kappa shape index (κ3) is 2.04. The molecule has 7 nitrogen and oxygen atoms in total. The SMILES string of the molecule is O=C1c2cccc([N+](=O)[O-])c2C(=O)N1Cc1ccncc1. The summed E-state index contributed by atoms with van der Waals surface area (Å²) in [6.45, 7) is 0.0615. The van der Waals surface area contributed by atoms with Gasteiger partial charge in [-0.2, -0.15) is 0 Å². The molecule has 0 fully saturated rings. The van der Waals surface area contributed by atoms with Crippen LogP contribution in [-0.2, 0) is 6.54 Å². The molecule has 0 N–H and O–H groups in total. The molecule has 2 amide bonds. The van der Waals surface area contributed by atoms with Gasteiger partial charge in [0, 0.05) is 18.5 Å². The molecule has 3 rings (SSSR count). The lowest BCUT2D eigenvalue weighted by Gasteiger charge is -2.13. The van der Waals surface area contributed by atoms with Gasteiger partial charge < -0.3 is 0 Å². The third-order valence-electron chi connectivity index (χ3n) is 3.26. The fourth-order valence-corrected chi connectivity index (χ4v) is 2.28. The van der Waals surface area contributed by atoms with Gasteiger partial charge in [0.2, 0.25) is 0 Å². The summed E-state index contributed by atoms with van der Waals surface area (Å²) in [6, 6.07) is 7.41. The maximum absolute atomic E-state index is 12.3. The highest BCUT2D eigenvalue weighted by atomic mass is 16.6. The number of hydrogen-bond donors (Lipinski definition) is 0. The number of rotatable bonds is 3. The predicted molar refractivity (Wildman–Crippen MR) is 71.5 cm³/mol. The van der Waals surface area contributed by atoms with Crippen LogP contribution >= 0.6 is 0 Å². The summed E-state index contributed by atoms with van der Waals surface area (Å²) >= 11 is 0. The summed E-state index contributed by atoms with van der Waals surface area (Å²) in [5.74, 6) is -1.16. The van der Waals surface area contributed by atoms with E-state index in [1.165, 1.54) is 18.2 Å². The molecule has 0 atom stereocenters. The second-order valence-electron chi connectivity index (χ2n) is 4.51. The number of hydrogen-bond acceptors (Lipinski definition) is 5. The van der Waals surface area contributed by atoms with Gasteiger partial charge in [0.25, 0.3) is 17.5 Å². The summed E-state index contributed by atoms with van der Waals surface area (Å²) in [6.07, 6.45) is 3.10. The Kier molecular flexibility index (Phi) is 2.94. The van der Waals surface area contributed by atoms with Gasteiger partial charge in [0.1, 0.15) is 5.56 Å². The van der Waals surface area contributed by atoms with E-state index in [-0.39, 0.29) is 23.4 Å². The van der Waals surface area contributed by atoms with Crippen LogP contribution in [0.3, 0.4) is 0 Å². The largest absolute Gasteiger partial charge is 0.282 e. The average Bonchev–Trinajstić information content (AvgIpc) is 2.73. The standard InChI is InChI=1S/C14H9N3O4/c18-13-10-2-1-3-11(17(20)21)12(10)14(19)16(13)8-9-4-6-15-7-5-9/h1-7H,8H2. The highest BCUT2D eigenvalue weighted by molar-refractivity contribution is 6.23. The van der Waals surface area contributed by atoms with Crippen molar-refractivity contribution in [3.63, 3.8) is 0 Å². The van der Waals surface area contributed by atoms with Crippen molar-refractivity contribution in [2.45, 2.75) is 6.54 Å². The van der Waals surface area contributed by atoms with Crippen LogP contribution in [-0.4, -0.2) is 26.6 Å². The molecule has 2 heterocycles. The summed E-state index contributed by atoms with van der Waals surface area (Å²) in [5, 5.41) is 11.0. The van der Waals surface area contributed by atoms with E-state index in [0.717, 1.165) is 10.5 Å². The first kappa shape index (κ1) is 12.9. The molecule has 0 saturated carbocycles. The molecule has 104 valence electrons. The highest BCUT2D eigenvalue weighted by Crippen LogP contribution is 2.31. The molecule has 7 heteroatoms. The van der Waals surface area contributed by atoms with Crippen molar-refractivity contribution < 1.29 is 14.5 Å². The molecule has 2 aromatic rings. The van der Waals surface area contributed by atoms with Crippen LogP contribution in [0.5, 0.6) is 0 Å². The molecule has 0 radical (unpaired) electrons. The van der Waals surface area contributed by atoms with Gasteiger partial charge in [-0.3, -0.25) is 29.6 Å². The fourth-order valence-electron chi connectivity index (χ4n) is 2.28. The normalized spacial score (nSPS) is 13.4. The molecule has 1 aromatic heterocycles. The van der Waals surface area contributed by atoms with Crippen molar-refractivity contribution in [2.75, 3.05) is 0 Å². The Morgan fingerprint density at radius 3 is 2.48 bits per heavy atom. The van der Waals surface area contributed by atoms with Gasteiger partial charge in [0.15, 0.2) is 0 Å². The number of nitrogens with zero attached hydrogens (tertiary/aromatic N) is 3. The van der Waals surface area contributed by atoms with E-state index >= 15 is 0 Å². The number of amides is 2. The Bertz CT molecular complexity index is 758. The van der Waals surface area contributed by atoms with Gasteiger partial charge in [-0.1, -0.05) is 6.07 Å². The number of imide groups is 1. The predicted octanol–water partition coefficient (Wildman–Crippen LogP) is 1.79. The molecule has 0 saturated heterocycles. The van der Waals surface area contributed by atoms with E-state index in [0.29, 0.717) is 0 Å². The Labute approximate surface area is 119 Å². The fraction of sp³-hybridized carbons (Fsp3) is 0.0714. The zero-order valence-corrected chi connectivity index (χ0v) is 10.7. The van der Waals surface area contributed by atoms with Crippen molar-refractivity contribution in [2.24, 2.45) is 0 Å². The summed E-state index contributed by atoms with van der Waals surface area (Å²) < 4.78 is 0. The van der Waals surface area contributed by atoms with E-state index in [4.69, 9.17) is 0 Å². The molecule has 1 aliphatic rings. The first-order valence-electron chi connectivity index (χ1n) is 6.12. The number of benzene rings is 1. The van der Waals surface area contributed by atoms with Gasteiger partial charge in [-0.15, -0.1) is 0 Å². The van der Waals surface area contributed by atoms with E-state index < -0.39 is 16.7 Å². The highest BCUT2D eigenvalue weighted by Gasteiger charge is 2.40. The molecule has 1 aromatic carbocycles. The van der Waals surface area contributed by atoms with Crippen molar-refractivity contribution in [3.05, 3.63) is 69.5 Å². The van der Waals surface area contributed by atoms with Crippen molar-refractivity contribution >= 4 is 17.5 Å². The average molecular weight is 283 g/mol. The lowest BCUT2D eigenvalue weighted by atomic mass is 10.1. The molecular weight excluding hydrogens is 274 g/mol. The number of nitro groups is 1.